The minimum absolute atomic E-state index is 0.0728. The summed E-state index contributed by atoms with van der Waals surface area (Å²) in [5.74, 6) is -1.20. The number of nitrogens with two attached hydrogens (primary N) is 1. The average molecular weight is 184 g/mol. The van der Waals surface area contributed by atoms with Gasteiger partial charge in [-0.15, -0.1) is 0 Å². The van der Waals surface area contributed by atoms with Crippen molar-refractivity contribution >= 4 is 12.0 Å². The highest BCUT2D eigenvalue weighted by atomic mass is 16.4. The molecule has 2 aliphatic heterocycles. The van der Waals surface area contributed by atoms with E-state index in [0.717, 1.165) is 12.8 Å². The molecule has 3 N–H and O–H groups in total. The van der Waals surface area contributed by atoms with Crippen molar-refractivity contribution in [1.29, 1.82) is 0 Å². The molecule has 5 heteroatoms. The number of carboxylic acid groups (broad SMARTS) is 1. The van der Waals surface area contributed by atoms with E-state index in [1.807, 2.05) is 0 Å². The Bertz CT molecular complexity index is 266. The first-order valence-corrected chi connectivity index (χ1v) is 4.42. The van der Waals surface area contributed by atoms with E-state index in [1.165, 1.54) is 0 Å². The summed E-state index contributed by atoms with van der Waals surface area (Å²) in [6.45, 7) is 0. The maximum Gasteiger partial charge on any atom is 0.315 e. The van der Waals surface area contributed by atoms with Crippen molar-refractivity contribution in [2.24, 2.45) is 11.7 Å². The first-order chi connectivity index (χ1) is 6.11. The maximum atomic E-state index is 11.0. The standard InChI is InChI=1S/C8H12N2O3/c9-8(13)10-4-1-2-6(10)5(3-4)7(11)12/h4-6H,1-3H2,(H2,9,13)(H,11,12). The Balaban J connectivity index is 2.19. The Morgan fingerprint density at radius 2 is 2.08 bits per heavy atom. The van der Waals surface area contributed by atoms with E-state index in [0.29, 0.717) is 6.42 Å². The van der Waals surface area contributed by atoms with Crippen LogP contribution in [0.25, 0.3) is 0 Å². The highest BCUT2D eigenvalue weighted by molar-refractivity contribution is 5.78. The predicted molar refractivity (Wildman–Crippen MR) is 44.0 cm³/mol. The van der Waals surface area contributed by atoms with E-state index in [2.05, 4.69) is 0 Å². The second-order valence-electron chi connectivity index (χ2n) is 3.72. The van der Waals surface area contributed by atoms with Gasteiger partial charge in [0.05, 0.1) is 5.92 Å². The molecule has 0 aromatic rings. The van der Waals surface area contributed by atoms with Gasteiger partial charge in [0.15, 0.2) is 0 Å². The number of nitrogens with zero attached hydrogens (tertiary/aromatic N) is 1. The zero-order valence-electron chi connectivity index (χ0n) is 7.14. The zero-order chi connectivity index (χ0) is 9.59. The first-order valence-electron chi connectivity index (χ1n) is 4.42. The van der Waals surface area contributed by atoms with Crippen LogP contribution in [0.15, 0.2) is 0 Å². The maximum absolute atomic E-state index is 11.0. The average Bonchev–Trinajstić information content (AvgIpc) is 2.58. The first kappa shape index (κ1) is 8.34. The predicted octanol–water partition coefficient (Wildman–Crippen LogP) is 0.00260. The molecule has 2 heterocycles. The summed E-state index contributed by atoms with van der Waals surface area (Å²) in [4.78, 5) is 23.3. The van der Waals surface area contributed by atoms with Gasteiger partial charge in [-0.05, 0) is 19.3 Å². The number of carboxylic acids is 1. The number of aliphatic carboxylic acids is 1. The van der Waals surface area contributed by atoms with Crippen LogP contribution in [0.4, 0.5) is 4.79 Å². The van der Waals surface area contributed by atoms with Crippen LogP contribution in [0.3, 0.4) is 0 Å². The Morgan fingerprint density at radius 3 is 2.46 bits per heavy atom. The molecule has 0 spiro atoms. The lowest BCUT2D eigenvalue weighted by Gasteiger charge is -2.20. The molecule has 0 aromatic carbocycles. The smallest absolute Gasteiger partial charge is 0.315 e. The monoisotopic (exact) mass is 184 g/mol. The third kappa shape index (κ3) is 1.07. The quantitative estimate of drug-likeness (QED) is 0.601. The van der Waals surface area contributed by atoms with Gasteiger partial charge in [0, 0.05) is 12.1 Å². The number of amides is 2. The topological polar surface area (TPSA) is 83.6 Å². The van der Waals surface area contributed by atoms with Crippen LogP contribution >= 0.6 is 0 Å². The molecule has 2 fully saturated rings. The lowest BCUT2D eigenvalue weighted by atomic mass is 9.89. The highest BCUT2D eigenvalue weighted by Gasteiger charge is 2.50. The van der Waals surface area contributed by atoms with Gasteiger partial charge < -0.3 is 15.7 Å². The zero-order valence-corrected chi connectivity index (χ0v) is 7.14. The number of fused-ring (bicyclic) bond motifs is 2. The second-order valence-corrected chi connectivity index (χ2v) is 3.72. The third-order valence-corrected chi connectivity index (χ3v) is 3.11. The van der Waals surface area contributed by atoms with Crippen LogP contribution in [0.2, 0.25) is 0 Å². The van der Waals surface area contributed by atoms with E-state index in [-0.39, 0.29) is 12.1 Å². The summed E-state index contributed by atoms with van der Waals surface area (Å²) in [6, 6.07) is -0.556. The SMILES string of the molecule is NC(=O)N1C2CCC1C(C(=O)O)C2. The molecular weight excluding hydrogens is 172 g/mol. The third-order valence-electron chi connectivity index (χ3n) is 3.11. The van der Waals surface area contributed by atoms with Crippen molar-refractivity contribution < 1.29 is 14.7 Å². The van der Waals surface area contributed by atoms with Gasteiger partial charge in [-0.25, -0.2) is 4.79 Å². The summed E-state index contributed by atoms with van der Waals surface area (Å²) < 4.78 is 0. The van der Waals surface area contributed by atoms with Crippen LogP contribution in [-0.2, 0) is 4.79 Å². The highest BCUT2D eigenvalue weighted by Crippen LogP contribution is 2.41. The number of rotatable bonds is 1. The lowest BCUT2D eigenvalue weighted by Crippen LogP contribution is -2.41. The molecule has 2 aliphatic rings. The summed E-state index contributed by atoms with van der Waals surface area (Å²) in [5.41, 5.74) is 5.17. The van der Waals surface area contributed by atoms with Crippen LogP contribution in [0, 0.1) is 5.92 Å². The van der Waals surface area contributed by atoms with Gasteiger partial charge in [-0.2, -0.15) is 0 Å². The fourth-order valence-electron chi connectivity index (χ4n) is 2.60. The van der Waals surface area contributed by atoms with E-state index < -0.39 is 17.9 Å². The molecule has 72 valence electrons. The molecule has 2 amide bonds. The van der Waals surface area contributed by atoms with Gasteiger partial charge >= 0.3 is 12.0 Å². The van der Waals surface area contributed by atoms with Crippen molar-refractivity contribution in [2.75, 3.05) is 0 Å². The van der Waals surface area contributed by atoms with Gasteiger partial charge in [-0.1, -0.05) is 0 Å². The summed E-state index contributed by atoms with van der Waals surface area (Å²) in [7, 11) is 0. The number of carbonyl (C=O) groups is 2. The Kier molecular flexibility index (Phi) is 1.68. The van der Waals surface area contributed by atoms with Crippen molar-refractivity contribution in [3.8, 4) is 0 Å². The van der Waals surface area contributed by atoms with Gasteiger partial charge in [-0.3, -0.25) is 4.79 Å². The van der Waals surface area contributed by atoms with Crippen LogP contribution in [0.5, 0.6) is 0 Å². The normalized spacial score (nSPS) is 36.6. The van der Waals surface area contributed by atoms with Gasteiger partial charge in [0.2, 0.25) is 0 Å². The summed E-state index contributed by atoms with van der Waals surface area (Å²) >= 11 is 0. The van der Waals surface area contributed by atoms with Crippen molar-refractivity contribution in [1.82, 2.24) is 4.90 Å². The minimum Gasteiger partial charge on any atom is -0.481 e. The van der Waals surface area contributed by atoms with E-state index in [1.54, 1.807) is 4.90 Å². The summed E-state index contributed by atoms with van der Waals surface area (Å²) in [5, 5.41) is 8.86. The fraction of sp³-hybridized carbons (Fsp3) is 0.750. The number of urea groups is 1. The molecule has 0 radical (unpaired) electrons. The molecule has 0 aromatic heterocycles. The molecule has 13 heavy (non-hydrogen) atoms. The Morgan fingerprint density at radius 1 is 1.38 bits per heavy atom. The van der Waals surface area contributed by atoms with E-state index in [4.69, 9.17) is 10.8 Å². The van der Waals surface area contributed by atoms with Crippen LogP contribution < -0.4 is 5.73 Å². The number of primary amides is 1. The molecule has 5 nitrogen and oxygen atoms in total. The Labute approximate surface area is 75.5 Å². The van der Waals surface area contributed by atoms with Crippen molar-refractivity contribution in [3.05, 3.63) is 0 Å². The molecule has 2 rings (SSSR count). The van der Waals surface area contributed by atoms with Crippen molar-refractivity contribution in [3.63, 3.8) is 0 Å². The molecular formula is C8H12N2O3. The van der Waals surface area contributed by atoms with Crippen LogP contribution in [0.1, 0.15) is 19.3 Å². The van der Waals surface area contributed by atoms with Crippen molar-refractivity contribution in [2.45, 2.75) is 31.3 Å². The number of hydrogen-bond acceptors (Lipinski definition) is 2. The number of carbonyl (C=O) groups excluding carboxylic acids is 1. The van der Waals surface area contributed by atoms with Crippen LogP contribution in [-0.4, -0.2) is 34.1 Å². The lowest BCUT2D eigenvalue weighted by molar-refractivity contribution is -0.142. The minimum atomic E-state index is -0.807. The molecule has 0 saturated carbocycles. The molecule has 3 atom stereocenters. The van der Waals surface area contributed by atoms with E-state index >= 15 is 0 Å². The summed E-state index contributed by atoms with van der Waals surface area (Å²) in [6.07, 6.45) is 2.25. The fourth-order valence-corrected chi connectivity index (χ4v) is 2.60. The van der Waals surface area contributed by atoms with Gasteiger partial charge in [0.25, 0.3) is 0 Å². The second kappa shape index (κ2) is 2.61. The molecule has 2 saturated heterocycles. The Hall–Kier alpha value is -1.26. The van der Waals surface area contributed by atoms with Gasteiger partial charge in [0.1, 0.15) is 0 Å². The van der Waals surface area contributed by atoms with E-state index in [9.17, 15) is 9.59 Å². The largest absolute Gasteiger partial charge is 0.481 e. The molecule has 3 unspecified atom stereocenters. The molecule has 0 aliphatic carbocycles. The number of hydrogen-bond donors (Lipinski definition) is 2. The molecule has 2 bridgehead atoms.